The quantitative estimate of drug-likeness (QED) is 0.164. The van der Waals surface area contributed by atoms with Crippen LogP contribution in [0.1, 0.15) is 47.0 Å². The van der Waals surface area contributed by atoms with Gasteiger partial charge in [-0.25, -0.2) is 7.78 Å². The molecule has 0 aromatic rings. The van der Waals surface area contributed by atoms with Crippen molar-refractivity contribution >= 4 is 37.3 Å². The summed E-state index contributed by atoms with van der Waals surface area (Å²) >= 11 is 2.34. The van der Waals surface area contributed by atoms with Crippen molar-refractivity contribution in [2.24, 2.45) is 5.92 Å². The molecule has 8 nitrogen and oxygen atoms in total. The molecule has 2 heterocycles. The van der Waals surface area contributed by atoms with Crippen LogP contribution in [0.5, 0.6) is 0 Å². The first-order chi connectivity index (χ1) is 14.8. The Balaban J connectivity index is 1.75. The molecule has 0 radical (unpaired) electrons. The first-order valence-electron chi connectivity index (χ1n) is 11.5. The smallest absolute Gasteiger partial charge is 0.259 e. The van der Waals surface area contributed by atoms with Gasteiger partial charge in [0.25, 0.3) is 8.53 Å². The van der Waals surface area contributed by atoms with Crippen molar-refractivity contribution < 1.29 is 13.8 Å². The Kier molecular flexibility index (Phi) is 12.5. The predicted octanol–water partition coefficient (Wildman–Crippen LogP) is 3.49. The van der Waals surface area contributed by atoms with E-state index in [1.807, 2.05) is 0 Å². The summed E-state index contributed by atoms with van der Waals surface area (Å²) in [6.45, 7) is 16.0. The Morgan fingerprint density at radius 1 is 1.06 bits per heavy atom. The van der Waals surface area contributed by atoms with E-state index in [9.17, 15) is 4.79 Å². The number of piperazine rings is 1. The molecule has 2 rings (SSSR count). The third-order valence-electron chi connectivity index (χ3n) is 5.75. The molecular formula is C21H39IN5O3P. The maximum absolute atomic E-state index is 12.8. The molecule has 0 aromatic heterocycles. The summed E-state index contributed by atoms with van der Waals surface area (Å²) in [4.78, 5) is 17.3. The summed E-state index contributed by atoms with van der Waals surface area (Å²) < 4.78 is 16.7. The highest BCUT2D eigenvalue weighted by Crippen LogP contribution is 2.45. The SMILES string of the molecule is CC(C)N(C(C)C)P(OCCC#N)OCCN1CCC(C(=O)N2CCN(I)CC2)CC1. The minimum absolute atomic E-state index is 0.168. The predicted molar refractivity (Wildman–Crippen MR) is 133 cm³/mol. The highest BCUT2D eigenvalue weighted by molar-refractivity contribution is 14.1. The molecule has 2 fully saturated rings. The number of hydrogen-bond acceptors (Lipinski definition) is 7. The maximum atomic E-state index is 12.8. The van der Waals surface area contributed by atoms with Gasteiger partial charge in [-0.05, 0) is 53.6 Å². The number of likely N-dealkylation sites (tertiary alicyclic amines) is 1. The standard InChI is InChI=1S/C21H39IN5O3P/c1-18(2)27(19(3)4)31(29-16-5-8-23)30-17-15-24-9-6-20(7-10-24)21(28)25-11-13-26(22)14-12-25/h18-20H,5-7,9-17H2,1-4H3. The Labute approximate surface area is 203 Å². The highest BCUT2D eigenvalue weighted by atomic mass is 127. The Hall–Kier alpha value is -0.0800. The van der Waals surface area contributed by atoms with Crippen LogP contribution in [0, 0.1) is 17.2 Å². The first-order valence-corrected chi connectivity index (χ1v) is 13.6. The second-order valence-corrected chi connectivity index (χ2v) is 11.5. The molecule has 2 saturated heterocycles. The van der Waals surface area contributed by atoms with Gasteiger partial charge in [-0.3, -0.25) is 4.79 Å². The van der Waals surface area contributed by atoms with Gasteiger partial charge in [0.05, 0.1) is 25.7 Å². The second-order valence-electron chi connectivity index (χ2n) is 8.73. The van der Waals surface area contributed by atoms with Gasteiger partial charge in [0.15, 0.2) is 0 Å². The zero-order valence-corrected chi connectivity index (χ0v) is 22.6. The van der Waals surface area contributed by atoms with E-state index in [-0.39, 0.29) is 5.92 Å². The van der Waals surface area contributed by atoms with Gasteiger partial charge in [0, 0.05) is 73.6 Å². The first kappa shape index (κ1) is 27.2. The molecule has 0 spiro atoms. The van der Waals surface area contributed by atoms with E-state index in [1.165, 1.54) is 0 Å². The molecule has 31 heavy (non-hydrogen) atoms. The third-order valence-corrected chi connectivity index (χ3v) is 8.82. The van der Waals surface area contributed by atoms with E-state index in [4.69, 9.17) is 14.3 Å². The van der Waals surface area contributed by atoms with Gasteiger partial charge in [-0.2, -0.15) is 5.26 Å². The molecular weight excluding hydrogens is 528 g/mol. The number of nitriles is 1. The second kappa shape index (κ2) is 14.2. The van der Waals surface area contributed by atoms with Crippen LogP contribution in [0.4, 0.5) is 0 Å². The van der Waals surface area contributed by atoms with E-state index in [0.29, 0.717) is 37.6 Å². The molecule has 1 unspecified atom stereocenters. The number of carbonyl (C=O) groups excluding carboxylic acids is 1. The molecule has 0 N–H and O–H groups in total. The Morgan fingerprint density at radius 3 is 2.19 bits per heavy atom. The van der Waals surface area contributed by atoms with Crippen molar-refractivity contribution in [3.05, 3.63) is 0 Å². The highest BCUT2D eigenvalue weighted by Gasteiger charge is 2.31. The average molecular weight is 567 g/mol. The summed E-state index contributed by atoms with van der Waals surface area (Å²) in [5, 5.41) is 8.82. The average Bonchev–Trinajstić information content (AvgIpc) is 2.74. The summed E-state index contributed by atoms with van der Waals surface area (Å²) in [6, 6.07) is 2.76. The lowest BCUT2D eigenvalue weighted by Gasteiger charge is -2.38. The topological polar surface area (TPSA) is 72.3 Å². The molecule has 0 bridgehead atoms. The van der Waals surface area contributed by atoms with Gasteiger partial charge in [-0.15, -0.1) is 0 Å². The summed E-state index contributed by atoms with van der Waals surface area (Å²) in [6.07, 6.45) is 2.24. The minimum atomic E-state index is -1.18. The number of carbonyl (C=O) groups is 1. The fourth-order valence-corrected chi connectivity index (χ4v) is 6.14. The van der Waals surface area contributed by atoms with Crippen LogP contribution >= 0.6 is 31.4 Å². The van der Waals surface area contributed by atoms with Crippen molar-refractivity contribution in [2.45, 2.75) is 59.0 Å². The van der Waals surface area contributed by atoms with Crippen molar-refractivity contribution in [3.63, 3.8) is 0 Å². The number of halogens is 1. The Bertz CT molecular complexity index is 568. The van der Waals surface area contributed by atoms with Crippen molar-refractivity contribution in [2.75, 3.05) is 59.0 Å². The molecule has 0 aromatic carbocycles. The van der Waals surface area contributed by atoms with Crippen molar-refractivity contribution in [1.29, 1.82) is 5.26 Å². The van der Waals surface area contributed by atoms with E-state index in [1.54, 1.807) is 0 Å². The number of hydrogen-bond donors (Lipinski definition) is 0. The summed E-state index contributed by atoms with van der Waals surface area (Å²) in [5.41, 5.74) is 0. The molecule has 10 heteroatoms. The zero-order chi connectivity index (χ0) is 22.8. The van der Waals surface area contributed by atoms with Crippen molar-refractivity contribution in [1.82, 2.24) is 17.6 Å². The van der Waals surface area contributed by atoms with Gasteiger partial charge >= 0.3 is 0 Å². The van der Waals surface area contributed by atoms with E-state index in [2.05, 4.69) is 74.2 Å². The van der Waals surface area contributed by atoms with Gasteiger partial charge in [0.1, 0.15) is 0 Å². The zero-order valence-electron chi connectivity index (χ0n) is 19.5. The maximum Gasteiger partial charge on any atom is 0.259 e. The van der Waals surface area contributed by atoms with E-state index >= 15 is 0 Å². The van der Waals surface area contributed by atoms with E-state index < -0.39 is 8.53 Å². The van der Waals surface area contributed by atoms with Crippen LogP contribution < -0.4 is 0 Å². The molecule has 2 aliphatic rings. The lowest BCUT2D eigenvalue weighted by atomic mass is 9.95. The lowest BCUT2D eigenvalue weighted by molar-refractivity contribution is -0.138. The monoisotopic (exact) mass is 567 g/mol. The summed E-state index contributed by atoms with van der Waals surface area (Å²) in [5.74, 6) is 0.515. The normalized spacial score (nSPS) is 20.5. The number of nitrogens with zero attached hydrogens (tertiary/aromatic N) is 5. The van der Waals surface area contributed by atoms with E-state index in [0.717, 1.165) is 58.7 Å². The third kappa shape index (κ3) is 9.00. The lowest BCUT2D eigenvalue weighted by Crippen LogP contribution is -2.49. The number of amides is 1. The molecule has 1 atom stereocenters. The van der Waals surface area contributed by atoms with Crippen LogP contribution in [0.15, 0.2) is 0 Å². The van der Waals surface area contributed by atoms with Crippen LogP contribution in [0.25, 0.3) is 0 Å². The number of piperidine rings is 1. The fraction of sp³-hybridized carbons (Fsp3) is 0.905. The van der Waals surface area contributed by atoms with Crippen LogP contribution in [0.3, 0.4) is 0 Å². The number of rotatable bonds is 11. The summed E-state index contributed by atoms with van der Waals surface area (Å²) in [7, 11) is -1.18. The van der Waals surface area contributed by atoms with Gasteiger partial charge < -0.3 is 18.8 Å². The van der Waals surface area contributed by atoms with Crippen molar-refractivity contribution in [3.8, 4) is 6.07 Å². The molecule has 2 aliphatic heterocycles. The van der Waals surface area contributed by atoms with Gasteiger partial charge in [-0.1, -0.05) is 0 Å². The molecule has 0 aliphatic carbocycles. The molecule has 1 amide bonds. The fourth-order valence-electron chi connectivity index (χ4n) is 4.13. The molecule has 178 valence electrons. The minimum Gasteiger partial charge on any atom is -0.340 e. The Morgan fingerprint density at radius 2 is 1.65 bits per heavy atom. The molecule has 0 saturated carbocycles. The largest absolute Gasteiger partial charge is 0.340 e. The van der Waals surface area contributed by atoms with Gasteiger partial charge in [0.2, 0.25) is 5.91 Å². The van der Waals surface area contributed by atoms with Crippen LogP contribution in [-0.4, -0.2) is 94.6 Å². The van der Waals surface area contributed by atoms with Crippen LogP contribution in [0.2, 0.25) is 0 Å². The van der Waals surface area contributed by atoms with Crippen LogP contribution in [-0.2, 0) is 13.8 Å².